The number of benzene rings is 1. The molecular formula is C16H22N2O3. The maximum absolute atomic E-state index is 12.0. The van der Waals surface area contributed by atoms with E-state index in [0.717, 1.165) is 11.3 Å². The quantitative estimate of drug-likeness (QED) is 0.778. The Balaban J connectivity index is 2.78. The van der Waals surface area contributed by atoms with Crippen LogP contribution in [-0.4, -0.2) is 36.4 Å². The summed E-state index contributed by atoms with van der Waals surface area (Å²) in [7, 11) is 1.60. The van der Waals surface area contributed by atoms with Gasteiger partial charge in [-0.2, -0.15) is 0 Å². The van der Waals surface area contributed by atoms with Crippen molar-refractivity contribution in [3.8, 4) is 5.75 Å². The van der Waals surface area contributed by atoms with Gasteiger partial charge in [0.05, 0.1) is 7.11 Å². The van der Waals surface area contributed by atoms with Crippen LogP contribution >= 0.6 is 0 Å². The molecule has 0 aliphatic carbocycles. The lowest BCUT2D eigenvalue weighted by Crippen LogP contribution is -2.46. The fourth-order valence-electron chi connectivity index (χ4n) is 1.91. The van der Waals surface area contributed by atoms with E-state index in [2.05, 4.69) is 11.9 Å². The van der Waals surface area contributed by atoms with Gasteiger partial charge >= 0.3 is 0 Å². The predicted molar refractivity (Wildman–Crippen MR) is 81.9 cm³/mol. The summed E-state index contributed by atoms with van der Waals surface area (Å²) in [6, 6.07) is 6.88. The predicted octanol–water partition coefficient (Wildman–Crippen LogP) is 1.73. The minimum Gasteiger partial charge on any atom is -0.497 e. The van der Waals surface area contributed by atoms with E-state index in [1.807, 2.05) is 24.3 Å². The topological polar surface area (TPSA) is 58.6 Å². The molecule has 0 saturated heterocycles. The van der Waals surface area contributed by atoms with Crippen LogP contribution < -0.4 is 10.1 Å². The molecule has 2 amide bonds. The second kappa shape index (κ2) is 8.09. The second-order valence-electron chi connectivity index (χ2n) is 4.70. The SMILES string of the molecule is C=CCNC(=O)[C@@H](C)N(Cc1ccc(OC)cc1)C(C)=O. The molecule has 114 valence electrons. The van der Waals surface area contributed by atoms with Gasteiger partial charge in [-0.15, -0.1) is 6.58 Å². The van der Waals surface area contributed by atoms with Gasteiger partial charge in [0.25, 0.3) is 0 Å². The van der Waals surface area contributed by atoms with Crippen LogP contribution in [-0.2, 0) is 16.1 Å². The first kappa shape index (κ1) is 16.8. The maximum atomic E-state index is 12.0. The van der Waals surface area contributed by atoms with Gasteiger partial charge in [-0.3, -0.25) is 9.59 Å². The Morgan fingerprint density at radius 1 is 1.38 bits per heavy atom. The molecule has 1 rings (SSSR count). The van der Waals surface area contributed by atoms with Crippen LogP contribution in [0.25, 0.3) is 0 Å². The van der Waals surface area contributed by atoms with Crippen LogP contribution in [0.2, 0.25) is 0 Å². The van der Waals surface area contributed by atoms with E-state index in [4.69, 9.17) is 4.74 Å². The van der Waals surface area contributed by atoms with Gasteiger partial charge in [0.15, 0.2) is 0 Å². The molecule has 1 atom stereocenters. The molecule has 5 heteroatoms. The molecule has 1 aromatic carbocycles. The number of nitrogens with zero attached hydrogens (tertiary/aromatic N) is 1. The third kappa shape index (κ3) is 4.95. The lowest BCUT2D eigenvalue weighted by Gasteiger charge is -2.27. The number of amides is 2. The minimum absolute atomic E-state index is 0.146. The summed E-state index contributed by atoms with van der Waals surface area (Å²) >= 11 is 0. The van der Waals surface area contributed by atoms with Crippen LogP contribution in [0.5, 0.6) is 5.75 Å². The van der Waals surface area contributed by atoms with Gasteiger partial charge in [0, 0.05) is 20.0 Å². The zero-order valence-corrected chi connectivity index (χ0v) is 12.8. The average Bonchev–Trinajstić information content (AvgIpc) is 2.49. The Labute approximate surface area is 125 Å². The summed E-state index contributed by atoms with van der Waals surface area (Å²) in [5.74, 6) is 0.413. The highest BCUT2D eigenvalue weighted by Crippen LogP contribution is 2.14. The van der Waals surface area contributed by atoms with Crippen molar-refractivity contribution in [3.63, 3.8) is 0 Å². The van der Waals surface area contributed by atoms with Gasteiger partial charge in [-0.05, 0) is 24.6 Å². The first-order valence-corrected chi connectivity index (χ1v) is 6.78. The molecule has 0 aromatic heterocycles. The lowest BCUT2D eigenvalue weighted by atomic mass is 10.1. The first-order chi connectivity index (χ1) is 9.99. The Morgan fingerprint density at radius 2 is 2.00 bits per heavy atom. The molecule has 21 heavy (non-hydrogen) atoms. The number of rotatable bonds is 7. The monoisotopic (exact) mass is 290 g/mol. The summed E-state index contributed by atoms with van der Waals surface area (Å²) < 4.78 is 5.10. The largest absolute Gasteiger partial charge is 0.497 e. The molecule has 0 aliphatic rings. The van der Waals surface area contributed by atoms with Crippen molar-refractivity contribution in [2.75, 3.05) is 13.7 Å². The smallest absolute Gasteiger partial charge is 0.242 e. The highest BCUT2D eigenvalue weighted by Gasteiger charge is 2.23. The number of nitrogens with one attached hydrogen (secondary N) is 1. The molecular weight excluding hydrogens is 268 g/mol. The fraction of sp³-hybridized carbons (Fsp3) is 0.375. The van der Waals surface area contributed by atoms with Gasteiger partial charge in [-0.25, -0.2) is 0 Å². The molecule has 1 aromatic rings. The minimum atomic E-state index is -0.537. The number of hydrogen-bond acceptors (Lipinski definition) is 3. The van der Waals surface area contributed by atoms with Crippen molar-refractivity contribution in [2.24, 2.45) is 0 Å². The molecule has 1 N–H and O–H groups in total. The zero-order valence-electron chi connectivity index (χ0n) is 12.8. The Hall–Kier alpha value is -2.30. The third-order valence-electron chi connectivity index (χ3n) is 3.18. The van der Waals surface area contributed by atoms with E-state index in [0.29, 0.717) is 13.1 Å². The number of ether oxygens (including phenoxy) is 1. The van der Waals surface area contributed by atoms with Crippen molar-refractivity contribution in [1.82, 2.24) is 10.2 Å². The molecule has 0 bridgehead atoms. The molecule has 0 unspecified atom stereocenters. The Kier molecular flexibility index (Phi) is 6.46. The van der Waals surface area contributed by atoms with Gasteiger partial charge in [-0.1, -0.05) is 18.2 Å². The fourth-order valence-corrected chi connectivity index (χ4v) is 1.91. The van der Waals surface area contributed by atoms with E-state index < -0.39 is 6.04 Å². The number of hydrogen-bond donors (Lipinski definition) is 1. The third-order valence-corrected chi connectivity index (χ3v) is 3.18. The molecule has 0 fully saturated rings. The molecule has 5 nitrogen and oxygen atoms in total. The van der Waals surface area contributed by atoms with E-state index >= 15 is 0 Å². The van der Waals surface area contributed by atoms with E-state index in [9.17, 15) is 9.59 Å². The van der Waals surface area contributed by atoms with Crippen molar-refractivity contribution in [1.29, 1.82) is 0 Å². The lowest BCUT2D eigenvalue weighted by molar-refractivity contribution is -0.138. The molecule has 0 spiro atoms. The van der Waals surface area contributed by atoms with Crippen molar-refractivity contribution in [3.05, 3.63) is 42.5 Å². The zero-order chi connectivity index (χ0) is 15.8. The van der Waals surface area contributed by atoms with Crippen LogP contribution in [0.4, 0.5) is 0 Å². The van der Waals surface area contributed by atoms with Crippen molar-refractivity contribution < 1.29 is 14.3 Å². The van der Waals surface area contributed by atoms with Crippen LogP contribution in [0.3, 0.4) is 0 Å². The van der Waals surface area contributed by atoms with Crippen LogP contribution in [0.15, 0.2) is 36.9 Å². The highest BCUT2D eigenvalue weighted by atomic mass is 16.5. The van der Waals surface area contributed by atoms with Gasteiger partial charge in [0.1, 0.15) is 11.8 Å². The first-order valence-electron chi connectivity index (χ1n) is 6.78. The van der Waals surface area contributed by atoms with E-state index in [1.165, 1.54) is 11.8 Å². The standard InChI is InChI=1S/C16H22N2O3/c1-5-10-17-16(20)12(2)18(13(3)19)11-14-6-8-15(21-4)9-7-14/h5-9,12H,1,10-11H2,2-4H3,(H,17,20)/t12-/m1/s1. The number of methoxy groups -OCH3 is 1. The summed E-state index contributed by atoms with van der Waals surface area (Å²) in [4.78, 5) is 25.3. The highest BCUT2D eigenvalue weighted by molar-refractivity contribution is 5.86. The molecule has 0 aliphatic heterocycles. The Morgan fingerprint density at radius 3 is 2.48 bits per heavy atom. The maximum Gasteiger partial charge on any atom is 0.242 e. The van der Waals surface area contributed by atoms with Crippen LogP contribution in [0, 0.1) is 0 Å². The van der Waals surface area contributed by atoms with Gasteiger partial charge in [0.2, 0.25) is 11.8 Å². The summed E-state index contributed by atoms with van der Waals surface area (Å²) in [5.41, 5.74) is 0.939. The van der Waals surface area contributed by atoms with Gasteiger partial charge < -0.3 is 15.0 Å². The van der Waals surface area contributed by atoms with E-state index in [1.54, 1.807) is 20.1 Å². The normalized spacial score (nSPS) is 11.4. The average molecular weight is 290 g/mol. The summed E-state index contributed by atoms with van der Waals surface area (Å²) in [6.07, 6.45) is 1.60. The van der Waals surface area contributed by atoms with Crippen molar-refractivity contribution in [2.45, 2.75) is 26.4 Å². The second-order valence-corrected chi connectivity index (χ2v) is 4.70. The Bertz CT molecular complexity index is 497. The summed E-state index contributed by atoms with van der Waals surface area (Å²) in [5, 5.41) is 2.70. The summed E-state index contributed by atoms with van der Waals surface area (Å²) in [6.45, 7) is 7.48. The molecule has 0 heterocycles. The molecule has 0 saturated carbocycles. The van der Waals surface area contributed by atoms with Crippen LogP contribution in [0.1, 0.15) is 19.4 Å². The number of carbonyl (C=O) groups is 2. The van der Waals surface area contributed by atoms with E-state index in [-0.39, 0.29) is 11.8 Å². The number of carbonyl (C=O) groups excluding carboxylic acids is 2. The molecule has 0 radical (unpaired) electrons. The van der Waals surface area contributed by atoms with Crippen molar-refractivity contribution >= 4 is 11.8 Å².